The summed E-state index contributed by atoms with van der Waals surface area (Å²) in [5.74, 6) is -0.298. The van der Waals surface area contributed by atoms with Gasteiger partial charge in [0, 0.05) is 50.1 Å². The van der Waals surface area contributed by atoms with Crippen molar-refractivity contribution < 1.29 is 14.6 Å². The van der Waals surface area contributed by atoms with E-state index < -0.39 is 11.4 Å². The molecule has 6 rings (SSSR count). The van der Waals surface area contributed by atoms with Crippen molar-refractivity contribution in [3.63, 3.8) is 0 Å². The second-order valence-electron chi connectivity index (χ2n) is 12.6. The number of ether oxygens (including phenoxy) is 1. The number of benzene rings is 2. The van der Waals surface area contributed by atoms with Crippen LogP contribution in [0.1, 0.15) is 79.5 Å². The average molecular weight is 540 g/mol. The molecule has 0 spiro atoms. The van der Waals surface area contributed by atoms with Gasteiger partial charge in [-0.15, -0.1) is 5.10 Å². The van der Waals surface area contributed by atoms with Crippen LogP contribution in [-0.2, 0) is 24.8 Å². The Morgan fingerprint density at radius 2 is 1.98 bits per heavy atom. The normalized spacial score (nSPS) is 19.5. The van der Waals surface area contributed by atoms with Crippen LogP contribution >= 0.6 is 0 Å². The number of aliphatic carboxylic acids is 1. The van der Waals surface area contributed by atoms with Gasteiger partial charge >= 0.3 is 5.97 Å². The van der Waals surface area contributed by atoms with Crippen LogP contribution in [0.2, 0.25) is 0 Å². The minimum atomic E-state index is -1.05. The van der Waals surface area contributed by atoms with Crippen LogP contribution in [0.3, 0.4) is 0 Å². The molecule has 0 radical (unpaired) electrons. The Hall–Kier alpha value is -3.78. The number of carbonyl (C=O) groups is 1. The molecule has 0 unspecified atom stereocenters. The molecule has 2 aromatic heterocycles. The van der Waals surface area contributed by atoms with Gasteiger partial charge in [0.25, 0.3) is 0 Å². The third-order valence-electron chi connectivity index (χ3n) is 8.86. The molecule has 1 N–H and O–H groups in total. The van der Waals surface area contributed by atoms with E-state index in [0.717, 1.165) is 65.0 Å². The quantitative estimate of drug-likeness (QED) is 0.354. The van der Waals surface area contributed by atoms with Crippen LogP contribution in [-0.4, -0.2) is 48.1 Å². The molecule has 1 aliphatic heterocycles. The molecule has 1 aliphatic carbocycles. The van der Waals surface area contributed by atoms with Gasteiger partial charge in [0.2, 0.25) is 0 Å². The monoisotopic (exact) mass is 539 g/mol. The fourth-order valence-corrected chi connectivity index (χ4v) is 6.77. The third-order valence-corrected chi connectivity index (χ3v) is 8.86. The van der Waals surface area contributed by atoms with Gasteiger partial charge in [-0.05, 0) is 87.4 Å². The van der Waals surface area contributed by atoms with Crippen LogP contribution in [0.15, 0.2) is 48.8 Å². The Kier molecular flexibility index (Phi) is 6.22. The summed E-state index contributed by atoms with van der Waals surface area (Å²) >= 11 is 0. The summed E-state index contributed by atoms with van der Waals surface area (Å²) < 4.78 is 8.16. The maximum atomic E-state index is 12.7. The van der Waals surface area contributed by atoms with E-state index in [1.54, 1.807) is 10.9 Å². The van der Waals surface area contributed by atoms with Crippen molar-refractivity contribution in [2.45, 2.75) is 71.6 Å². The van der Waals surface area contributed by atoms with Gasteiger partial charge in [0.05, 0.1) is 10.9 Å². The van der Waals surface area contributed by atoms with E-state index >= 15 is 0 Å². The molecule has 0 fully saturated rings. The average Bonchev–Trinajstić information content (AvgIpc) is 3.45. The molecule has 2 aliphatic rings. The molecule has 0 amide bonds. The van der Waals surface area contributed by atoms with Crippen molar-refractivity contribution in [2.75, 3.05) is 6.54 Å². The number of carboxylic acid groups (broad SMARTS) is 1. The van der Waals surface area contributed by atoms with Crippen molar-refractivity contribution in [1.29, 1.82) is 0 Å². The smallest absolute Gasteiger partial charge is 0.310 e. The molecular formula is C32H37N5O3. The number of carboxylic acids is 1. The van der Waals surface area contributed by atoms with Gasteiger partial charge in [0.1, 0.15) is 16.9 Å². The minimum Gasteiger partial charge on any atom is -0.486 e. The summed E-state index contributed by atoms with van der Waals surface area (Å²) in [6, 6.07) is 12.8. The molecule has 40 heavy (non-hydrogen) atoms. The van der Waals surface area contributed by atoms with Crippen molar-refractivity contribution in [2.24, 2.45) is 12.5 Å². The maximum absolute atomic E-state index is 12.7. The number of pyridine rings is 1. The lowest BCUT2D eigenvalue weighted by molar-refractivity contribution is -0.147. The van der Waals surface area contributed by atoms with E-state index in [2.05, 4.69) is 58.3 Å². The summed E-state index contributed by atoms with van der Waals surface area (Å²) in [5, 5.41) is 19.0. The van der Waals surface area contributed by atoms with Gasteiger partial charge in [0.15, 0.2) is 0 Å². The lowest BCUT2D eigenvalue weighted by Gasteiger charge is -2.35. The van der Waals surface area contributed by atoms with E-state index in [0.29, 0.717) is 0 Å². The number of hydrogen-bond donors (Lipinski definition) is 1. The van der Waals surface area contributed by atoms with E-state index in [4.69, 9.17) is 4.74 Å². The first-order chi connectivity index (χ1) is 19.0. The third kappa shape index (κ3) is 4.35. The lowest BCUT2D eigenvalue weighted by Crippen LogP contribution is -2.41. The molecular weight excluding hydrogens is 502 g/mol. The SMILES string of the molecule is Cc1c([C@@H](c2ccc3c(c2)[C@H](N2Cc4cnccc4OC(C)(C)C2)CC3)C(C)(C)C(=O)O)ccc2c1nnn2C. The summed E-state index contributed by atoms with van der Waals surface area (Å²) in [4.78, 5) is 19.6. The fourth-order valence-electron chi connectivity index (χ4n) is 6.77. The first-order valence-electron chi connectivity index (χ1n) is 14.0. The minimum absolute atomic E-state index is 0.209. The van der Waals surface area contributed by atoms with Gasteiger partial charge in [-0.1, -0.05) is 29.5 Å². The number of aryl methyl sites for hydroxylation is 3. The van der Waals surface area contributed by atoms with Crippen molar-refractivity contribution in [3.8, 4) is 5.75 Å². The van der Waals surface area contributed by atoms with Crippen molar-refractivity contribution in [1.82, 2.24) is 24.9 Å². The zero-order valence-corrected chi connectivity index (χ0v) is 24.1. The standard InChI is InChI=1S/C32H37N5O3/c1-19-23(10-12-26-29(19)34-35-36(26)6)28(32(4,5)30(38)39)21-8-7-20-9-11-25(24(20)15-21)37-17-22-16-33-14-13-27(22)40-31(2,3)18-37/h7-8,10,12-16,25,28H,9,11,17-18H2,1-6H3,(H,38,39)/t25-,28-/m1/s1. The van der Waals surface area contributed by atoms with Crippen molar-refractivity contribution >= 4 is 17.0 Å². The molecule has 3 heterocycles. The van der Waals surface area contributed by atoms with Gasteiger partial charge in [-0.3, -0.25) is 14.7 Å². The Labute approximate surface area is 235 Å². The highest BCUT2D eigenvalue weighted by Crippen LogP contribution is 2.47. The highest BCUT2D eigenvalue weighted by molar-refractivity contribution is 5.81. The Bertz CT molecular complexity index is 1620. The number of hydrogen-bond acceptors (Lipinski definition) is 6. The fraction of sp³-hybridized carbons (Fsp3) is 0.438. The van der Waals surface area contributed by atoms with Crippen LogP contribution in [0, 0.1) is 12.3 Å². The second kappa shape index (κ2) is 9.41. The molecule has 0 saturated heterocycles. The predicted octanol–water partition coefficient (Wildman–Crippen LogP) is 5.57. The molecule has 208 valence electrons. The van der Waals surface area contributed by atoms with Crippen LogP contribution in [0.4, 0.5) is 0 Å². The Morgan fingerprint density at radius 1 is 1.18 bits per heavy atom. The van der Waals surface area contributed by atoms with E-state index in [1.165, 1.54) is 11.1 Å². The molecule has 0 saturated carbocycles. The first-order valence-corrected chi connectivity index (χ1v) is 14.0. The van der Waals surface area contributed by atoms with Gasteiger partial charge in [-0.2, -0.15) is 0 Å². The lowest BCUT2D eigenvalue weighted by atomic mass is 9.69. The van der Waals surface area contributed by atoms with Crippen LogP contribution in [0.25, 0.3) is 11.0 Å². The zero-order chi connectivity index (χ0) is 28.4. The second-order valence-corrected chi connectivity index (χ2v) is 12.6. The van der Waals surface area contributed by atoms with Crippen molar-refractivity contribution in [3.05, 3.63) is 82.2 Å². The van der Waals surface area contributed by atoms with Crippen LogP contribution in [0.5, 0.6) is 5.75 Å². The summed E-state index contributed by atoms with van der Waals surface area (Å²) in [5.41, 5.74) is 6.99. The highest BCUT2D eigenvalue weighted by atomic mass is 16.5. The van der Waals surface area contributed by atoms with Gasteiger partial charge in [-0.25, -0.2) is 4.68 Å². The molecule has 0 bridgehead atoms. The molecule has 8 heteroatoms. The number of fused-ring (bicyclic) bond motifs is 3. The maximum Gasteiger partial charge on any atom is 0.310 e. The number of aromatic nitrogens is 4. The summed E-state index contributed by atoms with van der Waals surface area (Å²) in [6.45, 7) is 11.5. The predicted molar refractivity (Wildman–Crippen MR) is 153 cm³/mol. The summed E-state index contributed by atoms with van der Waals surface area (Å²) in [7, 11) is 1.87. The zero-order valence-electron chi connectivity index (χ0n) is 24.1. The first kappa shape index (κ1) is 26.4. The molecule has 8 nitrogen and oxygen atoms in total. The number of rotatable bonds is 5. The van der Waals surface area contributed by atoms with Crippen LogP contribution < -0.4 is 4.74 Å². The number of nitrogens with zero attached hydrogens (tertiary/aromatic N) is 5. The largest absolute Gasteiger partial charge is 0.486 e. The highest BCUT2D eigenvalue weighted by Gasteiger charge is 2.42. The molecule has 4 aromatic rings. The van der Waals surface area contributed by atoms with Gasteiger partial charge < -0.3 is 9.84 Å². The van der Waals surface area contributed by atoms with E-state index in [9.17, 15) is 9.90 Å². The molecule has 2 aromatic carbocycles. The Morgan fingerprint density at radius 3 is 2.75 bits per heavy atom. The Balaban J connectivity index is 1.45. The molecule has 2 atom stereocenters. The summed E-state index contributed by atoms with van der Waals surface area (Å²) in [6.07, 6.45) is 5.71. The van der Waals surface area contributed by atoms with E-state index in [-0.39, 0.29) is 17.6 Å². The topological polar surface area (TPSA) is 93.4 Å². The van der Waals surface area contributed by atoms with E-state index in [1.807, 2.05) is 46.1 Å².